The van der Waals surface area contributed by atoms with Crippen LogP contribution >= 0.6 is 23.2 Å². The Kier molecular flexibility index (Phi) is 6.87. The Morgan fingerprint density at radius 1 is 1.21 bits per heavy atom. The highest BCUT2D eigenvalue weighted by Gasteiger charge is 2.18. The van der Waals surface area contributed by atoms with Crippen LogP contribution in [0.5, 0.6) is 5.75 Å². The van der Waals surface area contributed by atoms with Crippen LogP contribution in [-0.2, 0) is 17.9 Å². The smallest absolute Gasteiger partial charge is 0.305 e. The number of carbonyl (C=O) groups is 1. The number of aromatic nitrogens is 2. The third-order valence-corrected chi connectivity index (χ3v) is 5.26. The molecule has 0 bridgehead atoms. The number of rotatable bonds is 9. The number of hydrogen-bond donors (Lipinski definition) is 1. The van der Waals surface area contributed by atoms with Crippen molar-refractivity contribution in [3.8, 4) is 5.75 Å². The van der Waals surface area contributed by atoms with E-state index in [-0.39, 0.29) is 13.0 Å². The van der Waals surface area contributed by atoms with Gasteiger partial charge in [0, 0.05) is 24.7 Å². The lowest BCUT2D eigenvalue weighted by Gasteiger charge is -2.23. The van der Waals surface area contributed by atoms with Gasteiger partial charge in [-0.15, -0.1) is 0 Å². The second-order valence-corrected chi connectivity index (χ2v) is 7.35. The van der Waals surface area contributed by atoms with Gasteiger partial charge in [0.05, 0.1) is 28.2 Å². The predicted molar refractivity (Wildman–Crippen MR) is 116 cm³/mol. The van der Waals surface area contributed by atoms with Crippen LogP contribution in [0.2, 0.25) is 10.0 Å². The molecule has 0 saturated carbocycles. The number of benzene rings is 2. The van der Waals surface area contributed by atoms with Gasteiger partial charge >= 0.3 is 5.97 Å². The quantitative estimate of drug-likeness (QED) is 0.497. The van der Waals surface area contributed by atoms with E-state index in [0.717, 1.165) is 29.8 Å². The van der Waals surface area contributed by atoms with Gasteiger partial charge < -0.3 is 19.3 Å². The van der Waals surface area contributed by atoms with Crippen LogP contribution in [0, 0.1) is 0 Å². The summed E-state index contributed by atoms with van der Waals surface area (Å²) in [6.07, 6.45) is -0.00720. The maximum atomic E-state index is 11.2. The highest BCUT2D eigenvalue weighted by Crippen LogP contribution is 2.31. The molecule has 0 fully saturated rings. The Hall–Kier alpha value is -2.44. The third-order valence-electron chi connectivity index (χ3n) is 4.73. The maximum absolute atomic E-state index is 11.2. The number of imidazole rings is 1. The highest BCUT2D eigenvalue weighted by molar-refractivity contribution is 6.35. The molecule has 29 heavy (non-hydrogen) atoms. The van der Waals surface area contributed by atoms with E-state index in [2.05, 4.69) is 18.7 Å². The molecule has 0 saturated heterocycles. The number of halogens is 2. The van der Waals surface area contributed by atoms with Gasteiger partial charge in [-0.3, -0.25) is 4.79 Å². The van der Waals surface area contributed by atoms with Crippen LogP contribution in [-0.4, -0.2) is 33.7 Å². The molecule has 1 heterocycles. The van der Waals surface area contributed by atoms with Crippen molar-refractivity contribution in [3.05, 3.63) is 52.3 Å². The van der Waals surface area contributed by atoms with Crippen molar-refractivity contribution >= 4 is 45.9 Å². The fourth-order valence-electron chi connectivity index (χ4n) is 3.33. The first-order valence-electron chi connectivity index (χ1n) is 9.47. The number of nitrogens with zero attached hydrogens (tertiary/aromatic N) is 3. The first-order chi connectivity index (χ1) is 13.9. The molecule has 8 heteroatoms. The van der Waals surface area contributed by atoms with Gasteiger partial charge in [-0.05, 0) is 44.2 Å². The molecule has 0 amide bonds. The van der Waals surface area contributed by atoms with Gasteiger partial charge in [0.1, 0.15) is 18.2 Å². The van der Waals surface area contributed by atoms with Gasteiger partial charge in [0.2, 0.25) is 0 Å². The predicted octanol–water partition coefficient (Wildman–Crippen LogP) is 5.24. The highest BCUT2D eigenvalue weighted by atomic mass is 35.5. The minimum Gasteiger partial charge on any atom is -0.484 e. The Balaban J connectivity index is 2.02. The van der Waals surface area contributed by atoms with E-state index < -0.39 is 5.97 Å². The number of fused-ring (bicyclic) bond motifs is 1. The minimum absolute atomic E-state index is 0.00720. The Morgan fingerprint density at radius 3 is 2.62 bits per heavy atom. The molecular weight excluding hydrogens is 413 g/mol. The standard InChI is InChI=1S/C21H23Cl2N3O3/c1-3-25(4-2)17-7-5-6-16-21(17)26(11-10-20(27)28)19(24-16)13-29-18-9-8-14(22)12-15(18)23/h5-9,12H,3-4,10-11,13H2,1-2H3,(H,27,28). The second-order valence-electron chi connectivity index (χ2n) is 6.50. The molecule has 0 spiro atoms. The lowest BCUT2D eigenvalue weighted by atomic mass is 10.2. The first kappa shape index (κ1) is 21.3. The molecule has 0 radical (unpaired) electrons. The van der Waals surface area contributed by atoms with E-state index in [1.54, 1.807) is 18.2 Å². The summed E-state index contributed by atoms with van der Waals surface area (Å²) < 4.78 is 7.80. The minimum atomic E-state index is -0.861. The first-order valence-corrected chi connectivity index (χ1v) is 10.2. The number of ether oxygens (including phenoxy) is 1. The van der Waals surface area contributed by atoms with Gasteiger partial charge in [-0.25, -0.2) is 4.98 Å². The molecule has 6 nitrogen and oxygen atoms in total. The van der Waals surface area contributed by atoms with Crippen molar-refractivity contribution in [1.82, 2.24) is 9.55 Å². The van der Waals surface area contributed by atoms with Crippen LogP contribution in [0.15, 0.2) is 36.4 Å². The Labute approximate surface area is 179 Å². The summed E-state index contributed by atoms with van der Waals surface area (Å²) in [6, 6.07) is 11.0. The van der Waals surface area contributed by atoms with Crippen molar-refractivity contribution in [3.63, 3.8) is 0 Å². The summed E-state index contributed by atoms with van der Waals surface area (Å²) in [6.45, 7) is 6.32. The largest absolute Gasteiger partial charge is 0.484 e. The number of aliphatic carboxylic acids is 1. The van der Waals surface area contributed by atoms with Crippen molar-refractivity contribution in [1.29, 1.82) is 0 Å². The van der Waals surface area contributed by atoms with Crippen LogP contribution < -0.4 is 9.64 Å². The fourth-order valence-corrected chi connectivity index (χ4v) is 3.79. The van der Waals surface area contributed by atoms with Crippen LogP contribution in [0.4, 0.5) is 5.69 Å². The molecule has 154 valence electrons. The SMILES string of the molecule is CCN(CC)c1cccc2nc(COc3ccc(Cl)cc3Cl)n(CCC(=O)O)c12. The van der Waals surface area contributed by atoms with E-state index in [4.69, 9.17) is 32.9 Å². The van der Waals surface area contributed by atoms with Crippen LogP contribution in [0.3, 0.4) is 0 Å². The molecule has 0 atom stereocenters. The second kappa shape index (κ2) is 9.37. The van der Waals surface area contributed by atoms with Crippen molar-refractivity contribution in [2.45, 2.75) is 33.4 Å². The Bertz CT molecular complexity index is 1020. The molecule has 0 aliphatic heterocycles. The van der Waals surface area contributed by atoms with Crippen molar-refractivity contribution in [2.75, 3.05) is 18.0 Å². The lowest BCUT2D eigenvalue weighted by molar-refractivity contribution is -0.137. The topological polar surface area (TPSA) is 67.6 Å². The van der Waals surface area contributed by atoms with E-state index in [1.807, 2.05) is 22.8 Å². The summed E-state index contributed by atoms with van der Waals surface area (Å²) in [4.78, 5) is 18.2. The average molecular weight is 436 g/mol. The zero-order valence-electron chi connectivity index (χ0n) is 16.4. The van der Waals surface area contributed by atoms with Crippen LogP contribution in [0.25, 0.3) is 11.0 Å². The van der Waals surface area contributed by atoms with E-state index in [0.29, 0.717) is 28.2 Å². The normalized spacial score (nSPS) is 11.0. The third kappa shape index (κ3) is 4.77. The fraction of sp³-hybridized carbons (Fsp3) is 0.333. The number of carboxylic acids is 1. The van der Waals surface area contributed by atoms with Gasteiger partial charge in [-0.1, -0.05) is 29.3 Å². The molecule has 1 aromatic heterocycles. The molecule has 0 unspecified atom stereocenters. The van der Waals surface area contributed by atoms with Crippen LogP contribution in [0.1, 0.15) is 26.1 Å². The molecule has 2 aromatic carbocycles. The number of hydrogen-bond acceptors (Lipinski definition) is 4. The van der Waals surface area contributed by atoms with Crippen molar-refractivity contribution in [2.24, 2.45) is 0 Å². The zero-order valence-corrected chi connectivity index (χ0v) is 17.9. The van der Waals surface area contributed by atoms with Gasteiger partial charge in [0.25, 0.3) is 0 Å². The van der Waals surface area contributed by atoms with Crippen molar-refractivity contribution < 1.29 is 14.6 Å². The molecule has 3 aromatic rings. The summed E-state index contributed by atoms with van der Waals surface area (Å²) in [7, 11) is 0. The van der Waals surface area contributed by atoms with Gasteiger partial charge in [-0.2, -0.15) is 0 Å². The molecule has 0 aliphatic carbocycles. The monoisotopic (exact) mass is 435 g/mol. The maximum Gasteiger partial charge on any atom is 0.305 e. The summed E-state index contributed by atoms with van der Waals surface area (Å²) in [5.41, 5.74) is 2.75. The molecule has 1 N–H and O–H groups in total. The summed E-state index contributed by atoms with van der Waals surface area (Å²) in [5.74, 6) is 0.281. The summed E-state index contributed by atoms with van der Waals surface area (Å²) >= 11 is 12.1. The average Bonchev–Trinajstić information content (AvgIpc) is 3.05. The lowest BCUT2D eigenvalue weighted by Crippen LogP contribution is -2.23. The van der Waals surface area contributed by atoms with E-state index in [9.17, 15) is 9.90 Å². The zero-order chi connectivity index (χ0) is 21.0. The number of carboxylic acid groups (broad SMARTS) is 1. The van der Waals surface area contributed by atoms with E-state index in [1.165, 1.54) is 0 Å². The van der Waals surface area contributed by atoms with E-state index >= 15 is 0 Å². The molecule has 3 rings (SSSR count). The number of anilines is 1. The number of aryl methyl sites for hydroxylation is 1. The number of para-hydroxylation sites is 1. The summed E-state index contributed by atoms with van der Waals surface area (Å²) in [5, 5.41) is 10.2. The Morgan fingerprint density at radius 2 is 1.97 bits per heavy atom. The molecular formula is C21H23Cl2N3O3. The van der Waals surface area contributed by atoms with Gasteiger partial charge in [0.15, 0.2) is 0 Å². The molecule has 0 aliphatic rings.